The van der Waals surface area contributed by atoms with Crippen LogP contribution in [0.5, 0.6) is 5.75 Å². The van der Waals surface area contributed by atoms with Crippen molar-refractivity contribution in [3.8, 4) is 11.8 Å². The lowest BCUT2D eigenvalue weighted by atomic mass is 9.92. The van der Waals surface area contributed by atoms with E-state index in [4.69, 9.17) is 10.00 Å². The van der Waals surface area contributed by atoms with Crippen molar-refractivity contribution in [3.63, 3.8) is 0 Å². The van der Waals surface area contributed by atoms with Crippen molar-refractivity contribution in [1.82, 2.24) is 10.2 Å². The standard InChI is InChI=1S/C13H13N3O3/c1-13(9-3-5-10(19-2)6-4-9)11(17)16(8-7-14)12(18)15-13/h3-6H,8H2,1-2H3,(H,15,18)/t13-/m1/s1. The van der Waals surface area contributed by atoms with E-state index in [9.17, 15) is 9.59 Å². The van der Waals surface area contributed by atoms with Gasteiger partial charge in [-0.2, -0.15) is 5.26 Å². The summed E-state index contributed by atoms with van der Waals surface area (Å²) in [6.45, 7) is 1.36. The van der Waals surface area contributed by atoms with Crippen LogP contribution in [0.25, 0.3) is 0 Å². The summed E-state index contributed by atoms with van der Waals surface area (Å²) < 4.78 is 5.05. The lowest BCUT2D eigenvalue weighted by Crippen LogP contribution is -2.40. The number of carbonyl (C=O) groups is 2. The van der Waals surface area contributed by atoms with Crippen molar-refractivity contribution in [2.75, 3.05) is 13.7 Å². The fourth-order valence-electron chi connectivity index (χ4n) is 2.03. The molecule has 0 bridgehead atoms. The van der Waals surface area contributed by atoms with E-state index in [1.54, 1.807) is 44.4 Å². The van der Waals surface area contributed by atoms with Crippen LogP contribution in [0.3, 0.4) is 0 Å². The highest BCUT2D eigenvalue weighted by atomic mass is 16.5. The smallest absolute Gasteiger partial charge is 0.326 e. The van der Waals surface area contributed by atoms with Crippen LogP contribution in [0.4, 0.5) is 4.79 Å². The van der Waals surface area contributed by atoms with Crippen molar-refractivity contribution in [3.05, 3.63) is 29.8 Å². The summed E-state index contributed by atoms with van der Waals surface area (Å²) >= 11 is 0. The Balaban J connectivity index is 2.35. The minimum absolute atomic E-state index is 0.254. The highest BCUT2D eigenvalue weighted by Gasteiger charge is 2.48. The summed E-state index contributed by atoms with van der Waals surface area (Å²) in [5.41, 5.74) is -0.493. The molecule has 6 heteroatoms. The molecule has 19 heavy (non-hydrogen) atoms. The van der Waals surface area contributed by atoms with E-state index in [2.05, 4.69) is 5.32 Å². The van der Waals surface area contributed by atoms with Crippen LogP contribution in [0, 0.1) is 11.3 Å². The summed E-state index contributed by atoms with van der Waals surface area (Å²) in [4.78, 5) is 24.9. The van der Waals surface area contributed by atoms with E-state index in [1.807, 2.05) is 0 Å². The molecule has 0 aromatic heterocycles. The number of nitrogens with one attached hydrogen (secondary N) is 1. The zero-order valence-corrected chi connectivity index (χ0v) is 10.6. The predicted molar refractivity (Wildman–Crippen MR) is 66.2 cm³/mol. The second kappa shape index (κ2) is 4.61. The average Bonchev–Trinajstić information content (AvgIpc) is 2.64. The zero-order valence-electron chi connectivity index (χ0n) is 10.6. The van der Waals surface area contributed by atoms with Gasteiger partial charge in [0.05, 0.1) is 13.2 Å². The van der Waals surface area contributed by atoms with Crippen LogP contribution in [0.2, 0.25) is 0 Å². The summed E-state index contributed by atoms with van der Waals surface area (Å²) in [7, 11) is 1.55. The van der Waals surface area contributed by atoms with Crippen LogP contribution in [0.1, 0.15) is 12.5 Å². The Labute approximate surface area is 110 Å². The molecule has 2 rings (SSSR count). The Hall–Kier alpha value is -2.55. The molecule has 0 aliphatic carbocycles. The number of imide groups is 1. The Kier molecular flexibility index (Phi) is 3.13. The molecule has 1 atom stereocenters. The van der Waals surface area contributed by atoms with Gasteiger partial charge >= 0.3 is 6.03 Å². The molecule has 6 nitrogen and oxygen atoms in total. The molecule has 3 amide bonds. The Morgan fingerprint density at radius 2 is 2.00 bits per heavy atom. The number of urea groups is 1. The van der Waals surface area contributed by atoms with Gasteiger partial charge in [0, 0.05) is 0 Å². The van der Waals surface area contributed by atoms with Crippen molar-refractivity contribution in [2.45, 2.75) is 12.5 Å². The van der Waals surface area contributed by atoms with Gasteiger partial charge in [0.25, 0.3) is 5.91 Å². The van der Waals surface area contributed by atoms with E-state index < -0.39 is 17.5 Å². The first-order valence-corrected chi connectivity index (χ1v) is 5.68. The first kappa shape index (κ1) is 12.9. The normalized spacial score (nSPS) is 22.1. The lowest BCUT2D eigenvalue weighted by molar-refractivity contribution is -0.130. The molecular formula is C13H13N3O3. The lowest BCUT2D eigenvalue weighted by Gasteiger charge is -2.21. The molecule has 1 fully saturated rings. The molecule has 0 radical (unpaired) electrons. The van der Waals surface area contributed by atoms with Crippen LogP contribution in [-0.2, 0) is 10.3 Å². The SMILES string of the molecule is COc1ccc([C@@]2(C)NC(=O)N(CC#N)C2=O)cc1. The number of rotatable bonds is 3. The maximum atomic E-state index is 12.2. The number of hydrogen-bond acceptors (Lipinski definition) is 4. The second-order valence-corrected chi connectivity index (χ2v) is 4.33. The average molecular weight is 259 g/mol. The van der Waals surface area contributed by atoms with Gasteiger partial charge in [0.15, 0.2) is 0 Å². The minimum atomic E-state index is -1.14. The van der Waals surface area contributed by atoms with Crippen molar-refractivity contribution in [1.29, 1.82) is 5.26 Å². The molecule has 1 aromatic rings. The van der Waals surface area contributed by atoms with Crippen molar-refractivity contribution >= 4 is 11.9 Å². The highest BCUT2D eigenvalue weighted by molar-refractivity contribution is 6.07. The fraction of sp³-hybridized carbons (Fsp3) is 0.308. The van der Waals surface area contributed by atoms with Gasteiger partial charge in [0.2, 0.25) is 0 Å². The molecule has 1 aliphatic rings. The van der Waals surface area contributed by atoms with Gasteiger partial charge in [-0.05, 0) is 24.6 Å². The van der Waals surface area contributed by atoms with E-state index in [-0.39, 0.29) is 6.54 Å². The summed E-state index contributed by atoms with van der Waals surface area (Å²) in [6.07, 6.45) is 0. The first-order valence-electron chi connectivity index (χ1n) is 5.68. The summed E-state index contributed by atoms with van der Waals surface area (Å²) in [6, 6.07) is 8.11. The maximum Gasteiger partial charge on any atom is 0.326 e. The largest absolute Gasteiger partial charge is 0.497 e. The number of ether oxygens (including phenoxy) is 1. The van der Waals surface area contributed by atoms with Gasteiger partial charge in [-0.15, -0.1) is 0 Å². The van der Waals surface area contributed by atoms with Crippen LogP contribution in [0.15, 0.2) is 24.3 Å². The molecule has 98 valence electrons. The van der Waals surface area contributed by atoms with Gasteiger partial charge in [-0.1, -0.05) is 12.1 Å². The topological polar surface area (TPSA) is 82.4 Å². The molecule has 0 unspecified atom stereocenters. The summed E-state index contributed by atoms with van der Waals surface area (Å²) in [5.74, 6) is 0.238. The van der Waals surface area contributed by atoms with E-state index in [1.165, 1.54) is 0 Å². The number of methoxy groups -OCH3 is 1. The third-order valence-electron chi connectivity index (χ3n) is 3.17. The van der Waals surface area contributed by atoms with Crippen LogP contribution in [-0.4, -0.2) is 30.5 Å². The predicted octanol–water partition coefficient (Wildman–Crippen LogP) is 0.986. The highest BCUT2D eigenvalue weighted by Crippen LogP contribution is 2.29. The number of nitriles is 1. The van der Waals surface area contributed by atoms with Crippen molar-refractivity contribution < 1.29 is 14.3 Å². The van der Waals surface area contributed by atoms with E-state index in [0.717, 1.165) is 4.90 Å². The van der Waals surface area contributed by atoms with Gasteiger partial charge in [-0.25, -0.2) is 9.69 Å². The molecular weight excluding hydrogens is 246 g/mol. The monoisotopic (exact) mass is 259 g/mol. The van der Waals surface area contributed by atoms with E-state index in [0.29, 0.717) is 11.3 Å². The maximum absolute atomic E-state index is 12.2. The first-order chi connectivity index (χ1) is 9.02. The number of carbonyl (C=O) groups excluding carboxylic acids is 2. The molecule has 0 saturated carbocycles. The third-order valence-corrected chi connectivity index (χ3v) is 3.17. The zero-order chi connectivity index (χ0) is 14.0. The van der Waals surface area contributed by atoms with Gasteiger partial charge in [0.1, 0.15) is 17.8 Å². The fourth-order valence-corrected chi connectivity index (χ4v) is 2.03. The van der Waals surface area contributed by atoms with Crippen LogP contribution >= 0.6 is 0 Å². The molecule has 1 N–H and O–H groups in total. The quantitative estimate of drug-likeness (QED) is 0.648. The second-order valence-electron chi connectivity index (χ2n) is 4.33. The molecule has 0 spiro atoms. The number of nitrogens with zero attached hydrogens (tertiary/aromatic N) is 2. The molecule has 1 aliphatic heterocycles. The Morgan fingerprint density at radius 3 is 2.53 bits per heavy atom. The summed E-state index contributed by atoms with van der Waals surface area (Å²) in [5, 5.41) is 11.2. The third kappa shape index (κ3) is 1.99. The minimum Gasteiger partial charge on any atom is -0.497 e. The van der Waals surface area contributed by atoms with E-state index >= 15 is 0 Å². The Bertz CT molecular complexity index is 561. The molecule has 1 aromatic carbocycles. The Morgan fingerprint density at radius 1 is 1.37 bits per heavy atom. The number of hydrogen-bond donors (Lipinski definition) is 1. The molecule has 1 saturated heterocycles. The van der Waals surface area contributed by atoms with Gasteiger partial charge < -0.3 is 10.1 Å². The molecule has 1 heterocycles. The number of benzene rings is 1. The van der Waals surface area contributed by atoms with Gasteiger partial charge in [-0.3, -0.25) is 4.79 Å². The van der Waals surface area contributed by atoms with Crippen LogP contribution < -0.4 is 10.1 Å². The number of amides is 3. The van der Waals surface area contributed by atoms with Crippen molar-refractivity contribution in [2.24, 2.45) is 0 Å².